The number of benzene rings is 3. The van der Waals surface area contributed by atoms with Gasteiger partial charge in [-0.25, -0.2) is 0 Å². The van der Waals surface area contributed by atoms with E-state index in [-0.39, 0.29) is 17.1 Å². The lowest BCUT2D eigenvalue weighted by Gasteiger charge is -2.26. The molecule has 0 saturated heterocycles. The van der Waals surface area contributed by atoms with Gasteiger partial charge >= 0.3 is 0 Å². The van der Waals surface area contributed by atoms with E-state index in [4.69, 9.17) is 13.9 Å². The Morgan fingerprint density at radius 3 is 2.41 bits per heavy atom. The maximum Gasteiger partial charge on any atom is 0.290 e. The largest absolute Gasteiger partial charge is 0.493 e. The average molecular weight is 526 g/mol. The Morgan fingerprint density at radius 1 is 0.949 bits per heavy atom. The number of fused-ring (bicyclic) bond motifs is 2. The number of rotatable bonds is 9. The van der Waals surface area contributed by atoms with E-state index in [1.807, 2.05) is 74.5 Å². The Bertz CT molecular complexity index is 1570. The number of methoxy groups -OCH3 is 1. The zero-order chi connectivity index (χ0) is 27.7. The van der Waals surface area contributed by atoms with Crippen LogP contribution in [0.1, 0.15) is 64.7 Å². The van der Waals surface area contributed by atoms with Crippen LogP contribution in [0.3, 0.4) is 0 Å². The van der Waals surface area contributed by atoms with E-state index in [1.54, 1.807) is 12.0 Å². The second kappa shape index (κ2) is 11.0. The molecule has 6 heteroatoms. The zero-order valence-electron chi connectivity index (χ0n) is 23.2. The fourth-order valence-electron chi connectivity index (χ4n) is 5.13. The molecule has 1 atom stereocenters. The molecule has 1 aliphatic rings. The van der Waals surface area contributed by atoms with E-state index < -0.39 is 6.04 Å². The highest BCUT2D eigenvalue weighted by Gasteiger charge is 2.42. The Labute approximate surface area is 229 Å². The van der Waals surface area contributed by atoms with Crippen molar-refractivity contribution in [2.75, 3.05) is 20.3 Å². The first kappa shape index (κ1) is 26.5. The number of amides is 1. The molecule has 1 aliphatic heterocycles. The predicted molar refractivity (Wildman–Crippen MR) is 153 cm³/mol. The average Bonchev–Trinajstić information content (AvgIpc) is 3.20. The maximum atomic E-state index is 14.0. The SMILES string of the molecule is COc1cc(C2c3c(oc4cc(C)c(C)cc4c3=O)C(=O)N2CCc2ccccc2)ccc1OCCC(C)C. The topological polar surface area (TPSA) is 69.0 Å². The molecule has 1 aromatic heterocycles. The molecule has 4 aromatic rings. The highest BCUT2D eigenvalue weighted by atomic mass is 16.5. The van der Waals surface area contributed by atoms with Gasteiger partial charge in [0, 0.05) is 6.54 Å². The van der Waals surface area contributed by atoms with Crippen LogP contribution >= 0.6 is 0 Å². The van der Waals surface area contributed by atoms with Gasteiger partial charge in [0.1, 0.15) is 5.58 Å². The number of hydrogen-bond donors (Lipinski definition) is 0. The van der Waals surface area contributed by atoms with Gasteiger partial charge < -0.3 is 18.8 Å². The Morgan fingerprint density at radius 2 is 1.69 bits per heavy atom. The summed E-state index contributed by atoms with van der Waals surface area (Å²) in [5.74, 6) is 1.57. The molecule has 3 aromatic carbocycles. The normalized spacial score (nSPS) is 14.8. The predicted octanol–water partition coefficient (Wildman–Crippen LogP) is 6.63. The lowest BCUT2D eigenvalue weighted by atomic mass is 9.97. The molecular formula is C33H35NO5. The monoisotopic (exact) mass is 525 g/mol. The minimum absolute atomic E-state index is 0.116. The summed E-state index contributed by atoms with van der Waals surface area (Å²) in [6, 6.07) is 18.8. The fraction of sp³-hybridized carbons (Fsp3) is 0.333. The number of carbonyl (C=O) groups excluding carboxylic acids is 1. The van der Waals surface area contributed by atoms with E-state index in [2.05, 4.69) is 13.8 Å². The molecular weight excluding hydrogens is 490 g/mol. The second-order valence-corrected chi connectivity index (χ2v) is 10.7. The van der Waals surface area contributed by atoms with Crippen molar-refractivity contribution in [1.29, 1.82) is 0 Å². The van der Waals surface area contributed by atoms with Gasteiger partial charge in [-0.3, -0.25) is 9.59 Å². The lowest BCUT2D eigenvalue weighted by molar-refractivity contribution is 0.0730. The van der Waals surface area contributed by atoms with Gasteiger partial charge in [0.25, 0.3) is 5.91 Å². The van der Waals surface area contributed by atoms with Crippen molar-refractivity contribution in [3.63, 3.8) is 0 Å². The van der Waals surface area contributed by atoms with Gasteiger partial charge in [0.2, 0.25) is 5.76 Å². The molecule has 6 nitrogen and oxygen atoms in total. The van der Waals surface area contributed by atoms with E-state index in [1.165, 1.54) is 0 Å². The van der Waals surface area contributed by atoms with Crippen LogP contribution in [-0.2, 0) is 6.42 Å². The molecule has 1 unspecified atom stereocenters. The molecule has 0 radical (unpaired) electrons. The first-order chi connectivity index (χ1) is 18.8. The maximum absolute atomic E-state index is 14.0. The molecule has 202 valence electrons. The van der Waals surface area contributed by atoms with Gasteiger partial charge in [-0.2, -0.15) is 0 Å². The van der Waals surface area contributed by atoms with Crippen molar-refractivity contribution in [3.8, 4) is 11.5 Å². The van der Waals surface area contributed by atoms with Crippen LogP contribution < -0.4 is 14.9 Å². The first-order valence-electron chi connectivity index (χ1n) is 13.5. The van der Waals surface area contributed by atoms with E-state index >= 15 is 0 Å². The molecule has 2 heterocycles. The van der Waals surface area contributed by atoms with Crippen LogP contribution in [-0.4, -0.2) is 31.1 Å². The molecule has 0 spiro atoms. The molecule has 0 bridgehead atoms. The van der Waals surface area contributed by atoms with E-state index in [0.717, 1.165) is 28.7 Å². The molecule has 0 N–H and O–H groups in total. The van der Waals surface area contributed by atoms with Crippen molar-refractivity contribution in [3.05, 3.63) is 104 Å². The van der Waals surface area contributed by atoms with Crippen molar-refractivity contribution in [2.24, 2.45) is 5.92 Å². The molecule has 5 rings (SSSR count). The van der Waals surface area contributed by atoms with E-state index in [0.29, 0.717) is 53.5 Å². The Kier molecular flexibility index (Phi) is 7.47. The van der Waals surface area contributed by atoms with Gasteiger partial charge in [0.15, 0.2) is 16.9 Å². The third-order valence-corrected chi connectivity index (χ3v) is 7.52. The van der Waals surface area contributed by atoms with Crippen LogP contribution in [0.25, 0.3) is 11.0 Å². The Hall–Kier alpha value is -4.06. The molecule has 39 heavy (non-hydrogen) atoms. The van der Waals surface area contributed by atoms with Gasteiger partial charge in [-0.1, -0.05) is 50.2 Å². The second-order valence-electron chi connectivity index (χ2n) is 10.7. The summed E-state index contributed by atoms with van der Waals surface area (Å²) >= 11 is 0. The highest BCUT2D eigenvalue weighted by Crippen LogP contribution is 2.41. The van der Waals surface area contributed by atoms with Crippen LogP contribution in [0.5, 0.6) is 11.5 Å². The summed E-state index contributed by atoms with van der Waals surface area (Å²) in [4.78, 5) is 29.5. The summed E-state index contributed by atoms with van der Waals surface area (Å²) in [6.45, 7) is 9.26. The number of hydrogen-bond acceptors (Lipinski definition) is 5. The third kappa shape index (κ3) is 5.16. The quantitative estimate of drug-likeness (QED) is 0.245. The van der Waals surface area contributed by atoms with Crippen LogP contribution in [0.15, 0.2) is 69.9 Å². The van der Waals surface area contributed by atoms with Crippen LogP contribution in [0.4, 0.5) is 0 Å². The highest BCUT2D eigenvalue weighted by molar-refractivity contribution is 5.99. The van der Waals surface area contributed by atoms with Crippen LogP contribution in [0.2, 0.25) is 0 Å². The van der Waals surface area contributed by atoms with Crippen molar-refractivity contribution in [1.82, 2.24) is 4.90 Å². The summed E-state index contributed by atoms with van der Waals surface area (Å²) < 4.78 is 17.9. The first-order valence-corrected chi connectivity index (χ1v) is 13.5. The van der Waals surface area contributed by atoms with Gasteiger partial charge in [-0.05, 0) is 79.1 Å². The molecule has 0 aliphatic carbocycles. The van der Waals surface area contributed by atoms with Crippen molar-refractivity contribution < 1.29 is 18.7 Å². The van der Waals surface area contributed by atoms with Crippen LogP contribution in [0, 0.1) is 19.8 Å². The fourth-order valence-corrected chi connectivity index (χ4v) is 5.13. The molecule has 1 amide bonds. The zero-order valence-corrected chi connectivity index (χ0v) is 23.2. The minimum atomic E-state index is -0.600. The van der Waals surface area contributed by atoms with Crippen molar-refractivity contribution in [2.45, 2.75) is 46.6 Å². The number of aryl methyl sites for hydroxylation is 2. The molecule has 0 saturated carbocycles. The van der Waals surface area contributed by atoms with E-state index in [9.17, 15) is 9.59 Å². The summed E-state index contributed by atoms with van der Waals surface area (Å²) in [5, 5.41) is 0.486. The number of ether oxygens (including phenoxy) is 2. The van der Waals surface area contributed by atoms with Gasteiger partial charge in [-0.15, -0.1) is 0 Å². The summed E-state index contributed by atoms with van der Waals surface area (Å²) in [5.41, 5.74) is 4.53. The Balaban J connectivity index is 1.61. The van der Waals surface area contributed by atoms with Gasteiger partial charge in [0.05, 0.1) is 30.7 Å². The lowest BCUT2D eigenvalue weighted by Crippen LogP contribution is -2.31. The number of nitrogens with zero attached hydrogens (tertiary/aromatic N) is 1. The van der Waals surface area contributed by atoms with Crippen molar-refractivity contribution >= 4 is 16.9 Å². The summed E-state index contributed by atoms with van der Waals surface area (Å²) in [7, 11) is 1.60. The smallest absolute Gasteiger partial charge is 0.290 e. The summed E-state index contributed by atoms with van der Waals surface area (Å²) in [6.07, 6.45) is 1.58. The minimum Gasteiger partial charge on any atom is -0.493 e. The standard InChI is InChI=1S/C33H35NO5/c1-20(2)14-16-38-26-12-11-24(19-28(26)37-5)30-29-31(35)25-17-21(3)22(4)18-27(25)39-32(29)33(36)34(30)15-13-23-9-7-6-8-10-23/h6-12,17-20,30H,13-16H2,1-5H3. The number of carbonyl (C=O) groups is 1. The third-order valence-electron chi connectivity index (χ3n) is 7.52. The molecule has 0 fully saturated rings.